The van der Waals surface area contributed by atoms with E-state index in [1.807, 2.05) is 6.07 Å². The van der Waals surface area contributed by atoms with Crippen molar-refractivity contribution in [2.45, 2.75) is 19.3 Å². The highest BCUT2D eigenvalue weighted by molar-refractivity contribution is 6.30. The van der Waals surface area contributed by atoms with Crippen molar-refractivity contribution in [2.75, 3.05) is 0 Å². The topological polar surface area (TPSA) is 59.4 Å². The van der Waals surface area contributed by atoms with Crippen LogP contribution in [0.15, 0.2) is 30.3 Å². The van der Waals surface area contributed by atoms with Gasteiger partial charge in [-0.1, -0.05) is 17.7 Å². The zero-order valence-corrected chi connectivity index (χ0v) is 11.4. The molecule has 1 aliphatic carbocycles. The summed E-state index contributed by atoms with van der Waals surface area (Å²) < 4.78 is 5.60. The van der Waals surface area contributed by atoms with Gasteiger partial charge >= 0.3 is 5.97 Å². The summed E-state index contributed by atoms with van der Waals surface area (Å²) in [7, 11) is 0. The second kappa shape index (κ2) is 5.13. The summed E-state index contributed by atoms with van der Waals surface area (Å²) in [5.41, 5.74) is 2.33. The van der Waals surface area contributed by atoms with Crippen LogP contribution in [0.3, 0.4) is 0 Å². The quantitative estimate of drug-likeness (QED) is 0.935. The van der Waals surface area contributed by atoms with Gasteiger partial charge in [-0.3, -0.25) is 0 Å². The molecule has 0 saturated carbocycles. The average molecular weight is 290 g/mol. The molecule has 1 aromatic carbocycles. The molecule has 0 radical (unpaired) electrons. The number of ether oxygens (including phenoxy) is 1. The van der Waals surface area contributed by atoms with E-state index >= 15 is 0 Å². The Morgan fingerprint density at radius 1 is 1.25 bits per heavy atom. The van der Waals surface area contributed by atoms with Crippen molar-refractivity contribution in [3.63, 3.8) is 0 Å². The van der Waals surface area contributed by atoms with Crippen LogP contribution in [-0.2, 0) is 12.8 Å². The van der Waals surface area contributed by atoms with Gasteiger partial charge in [-0.05, 0) is 37.0 Å². The van der Waals surface area contributed by atoms with Crippen LogP contribution in [0.5, 0.6) is 11.6 Å². The Balaban J connectivity index is 1.95. The highest BCUT2D eigenvalue weighted by atomic mass is 35.5. The first kappa shape index (κ1) is 12.9. The van der Waals surface area contributed by atoms with Gasteiger partial charge in [0.25, 0.3) is 0 Å². The number of carboxylic acids is 1. The molecule has 0 saturated heterocycles. The van der Waals surface area contributed by atoms with Gasteiger partial charge in [-0.2, -0.15) is 0 Å². The molecular weight excluding hydrogens is 278 g/mol. The van der Waals surface area contributed by atoms with Crippen LogP contribution >= 0.6 is 11.6 Å². The van der Waals surface area contributed by atoms with Crippen LogP contribution in [0, 0.1) is 0 Å². The van der Waals surface area contributed by atoms with Crippen molar-refractivity contribution in [3.05, 3.63) is 52.2 Å². The number of pyridine rings is 1. The number of nitrogens with zero attached hydrogens (tertiary/aromatic N) is 1. The van der Waals surface area contributed by atoms with E-state index in [2.05, 4.69) is 4.98 Å². The van der Waals surface area contributed by atoms with Crippen LogP contribution in [0.25, 0.3) is 0 Å². The number of hydrogen-bond acceptors (Lipinski definition) is 3. The molecule has 2 aromatic rings. The van der Waals surface area contributed by atoms with Crippen molar-refractivity contribution in [1.82, 2.24) is 4.98 Å². The van der Waals surface area contributed by atoms with E-state index in [9.17, 15) is 4.79 Å². The number of carboxylic acid groups (broad SMARTS) is 1. The van der Waals surface area contributed by atoms with E-state index in [0.717, 1.165) is 25.0 Å². The third kappa shape index (κ3) is 2.47. The van der Waals surface area contributed by atoms with Crippen molar-refractivity contribution < 1.29 is 14.6 Å². The van der Waals surface area contributed by atoms with Crippen molar-refractivity contribution in [1.29, 1.82) is 0 Å². The Labute approximate surface area is 121 Å². The van der Waals surface area contributed by atoms with E-state index < -0.39 is 5.97 Å². The van der Waals surface area contributed by atoms with Crippen LogP contribution in [0.4, 0.5) is 0 Å². The molecule has 1 heterocycles. The molecule has 0 bridgehead atoms. The first-order valence-corrected chi connectivity index (χ1v) is 6.71. The van der Waals surface area contributed by atoms with Crippen molar-refractivity contribution in [2.24, 2.45) is 0 Å². The summed E-state index contributed by atoms with van der Waals surface area (Å²) >= 11 is 5.89. The Hall–Kier alpha value is -2.07. The molecule has 5 heteroatoms. The Bertz CT molecular complexity index is 685. The fourth-order valence-corrected chi connectivity index (χ4v) is 2.49. The van der Waals surface area contributed by atoms with E-state index in [4.69, 9.17) is 21.4 Å². The molecule has 1 aromatic heterocycles. The van der Waals surface area contributed by atoms with Crippen molar-refractivity contribution in [3.8, 4) is 11.6 Å². The minimum atomic E-state index is -1.06. The number of carbonyl (C=O) groups is 1. The lowest BCUT2D eigenvalue weighted by atomic mass is 10.2. The summed E-state index contributed by atoms with van der Waals surface area (Å²) in [6.07, 6.45) is 3.08. The molecule has 0 spiro atoms. The molecular formula is C15H12ClNO3. The molecule has 4 nitrogen and oxygen atoms in total. The van der Waals surface area contributed by atoms with Gasteiger partial charge in [0.15, 0.2) is 0 Å². The predicted octanol–water partition coefficient (Wildman–Crippen LogP) is 3.71. The molecule has 1 aliphatic rings. The molecule has 0 fully saturated rings. The lowest BCUT2D eigenvalue weighted by Gasteiger charge is -2.09. The lowest BCUT2D eigenvalue weighted by molar-refractivity contribution is 0.0694. The highest BCUT2D eigenvalue weighted by Crippen LogP contribution is 2.29. The minimum Gasteiger partial charge on any atom is -0.478 e. The summed E-state index contributed by atoms with van der Waals surface area (Å²) in [6.45, 7) is 0. The Kier molecular flexibility index (Phi) is 3.32. The number of halogens is 1. The van der Waals surface area contributed by atoms with Gasteiger partial charge < -0.3 is 9.84 Å². The first-order valence-electron chi connectivity index (χ1n) is 6.33. The molecule has 0 atom stereocenters. The number of fused-ring (bicyclic) bond motifs is 1. The molecule has 1 N–H and O–H groups in total. The van der Waals surface area contributed by atoms with Crippen LogP contribution in [0.2, 0.25) is 5.02 Å². The largest absolute Gasteiger partial charge is 0.478 e. The zero-order chi connectivity index (χ0) is 14.1. The smallest absolute Gasteiger partial charge is 0.339 e. The number of hydrogen-bond donors (Lipinski definition) is 1. The van der Waals surface area contributed by atoms with E-state index in [1.165, 1.54) is 23.8 Å². The summed E-state index contributed by atoms with van der Waals surface area (Å²) in [5, 5.41) is 9.57. The molecule has 3 rings (SSSR count). The minimum absolute atomic E-state index is 0.0664. The molecule has 20 heavy (non-hydrogen) atoms. The fraction of sp³-hybridized carbons (Fsp3) is 0.200. The second-order valence-electron chi connectivity index (χ2n) is 4.66. The maximum absolute atomic E-state index is 11.2. The zero-order valence-electron chi connectivity index (χ0n) is 10.6. The van der Waals surface area contributed by atoms with Crippen LogP contribution < -0.4 is 4.74 Å². The van der Waals surface area contributed by atoms with Gasteiger partial charge in [-0.15, -0.1) is 0 Å². The summed E-state index contributed by atoms with van der Waals surface area (Å²) in [6, 6.07) is 8.17. The van der Waals surface area contributed by atoms with Gasteiger partial charge in [-0.25, -0.2) is 9.78 Å². The molecule has 102 valence electrons. The average Bonchev–Trinajstić information content (AvgIpc) is 2.85. The summed E-state index contributed by atoms with van der Waals surface area (Å²) in [5.74, 6) is -0.455. The predicted molar refractivity (Wildman–Crippen MR) is 74.7 cm³/mol. The Morgan fingerprint density at radius 2 is 2.10 bits per heavy atom. The maximum atomic E-state index is 11.2. The second-order valence-corrected chi connectivity index (χ2v) is 5.09. The number of aromatic carboxylic acids is 1. The fourth-order valence-electron chi connectivity index (χ4n) is 2.33. The van der Waals surface area contributed by atoms with Gasteiger partial charge in [0.05, 0.1) is 0 Å². The van der Waals surface area contributed by atoms with Gasteiger partial charge in [0, 0.05) is 22.8 Å². The van der Waals surface area contributed by atoms with Crippen LogP contribution in [0.1, 0.15) is 28.0 Å². The third-order valence-corrected chi connectivity index (χ3v) is 3.53. The number of benzene rings is 1. The highest BCUT2D eigenvalue weighted by Gasteiger charge is 2.16. The van der Waals surface area contributed by atoms with E-state index in [-0.39, 0.29) is 11.3 Å². The van der Waals surface area contributed by atoms with Gasteiger partial charge in [0.2, 0.25) is 5.88 Å². The molecule has 0 unspecified atom stereocenters. The van der Waals surface area contributed by atoms with Crippen molar-refractivity contribution >= 4 is 17.6 Å². The summed E-state index contributed by atoms with van der Waals surface area (Å²) in [4.78, 5) is 15.6. The first-order chi connectivity index (χ1) is 9.63. The van der Waals surface area contributed by atoms with E-state index in [1.54, 1.807) is 6.07 Å². The van der Waals surface area contributed by atoms with E-state index in [0.29, 0.717) is 10.9 Å². The maximum Gasteiger partial charge on any atom is 0.339 e. The number of aryl methyl sites for hydroxylation is 2. The third-order valence-electron chi connectivity index (χ3n) is 3.29. The Morgan fingerprint density at radius 3 is 2.90 bits per heavy atom. The molecule has 0 amide bonds. The monoisotopic (exact) mass is 289 g/mol. The number of rotatable bonds is 3. The van der Waals surface area contributed by atoms with Gasteiger partial charge in [0.1, 0.15) is 11.3 Å². The SMILES string of the molecule is O=C(O)c1ccc(Cl)cc1Oc1ccc2c(n1)CCC2. The van der Waals surface area contributed by atoms with Crippen LogP contribution in [-0.4, -0.2) is 16.1 Å². The number of aromatic nitrogens is 1. The molecule has 0 aliphatic heterocycles. The normalized spacial score (nSPS) is 13.1. The standard InChI is InChI=1S/C15H12ClNO3/c16-10-5-6-11(15(18)19)13(8-10)20-14-7-4-9-2-1-3-12(9)17-14/h4-8H,1-3H2,(H,18,19). The lowest BCUT2D eigenvalue weighted by Crippen LogP contribution is -2.01.